The zero-order valence-electron chi connectivity index (χ0n) is 20.2. The summed E-state index contributed by atoms with van der Waals surface area (Å²) in [7, 11) is 2.03. The topological polar surface area (TPSA) is 55.7 Å². The second-order valence-electron chi connectivity index (χ2n) is 10.2. The van der Waals surface area contributed by atoms with Crippen molar-refractivity contribution >= 4 is 28.1 Å². The van der Waals surface area contributed by atoms with Gasteiger partial charge >= 0.3 is 0 Å². The highest BCUT2D eigenvalue weighted by Crippen LogP contribution is 2.42. The Balaban J connectivity index is 1.29. The molecular weight excluding hydrogens is 422 g/mol. The molecule has 2 saturated heterocycles. The van der Waals surface area contributed by atoms with Crippen molar-refractivity contribution in [3.63, 3.8) is 0 Å². The Kier molecular flexibility index (Phi) is 5.77. The molecular formula is C28H35N5O. The van der Waals surface area contributed by atoms with Gasteiger partial charge < -0.3 is 19.8 Å². The van der Waals surface area contributed by atoms with Gasteiger partial charge in [-0.25, -0.2) is 9.97 Å². The van der Waals surface area contributed by atoms with E-state index in [0.29, 0.717) is 18.4 Å². The zero-order valence-corrected chi connectivity index (χ0v) is 20.2. The molecule has 178 valence electrons. The van der Waals surface area contributed by atoms with Crippen LogP contribution in [0.2, 0.25) is 0 Å². The molecule has 6 nitrogen and oxygen atoms in total. The number of fused-ring (bicyclic) bond motifs is 1. The molecule has 1 saturated carbocycles. The van der Waals surface area contributed by atoms with Gasteiger partial charge in [0.25, 0.3) is 0 Å². The highest BCUT2D eigenvalue weighted by Gasteiger charge is 2.30. The molecule has 2 aromatic carbocycles. The van der Waals surface area contributed by atoms with Crippen LogP contribution >= 0.6 is 0 Å². The number of hydrogen-bond acceptors (Lipinski definition) is 6. The van der Waals surface area contributed by atoms with Crippen LogP contribution in [0.4, 0.5) is 17.2 Å². The van der Waals surface area contributed by atoms with Gasteiger partial charge in [0.2, 0.25) is 0 Å². The average molecular weight is 458 g/mol. The normalized spacial score (nSPS) is 18.9. The summed E-state index contributed by atoms with van der Waals surface area (Å²) in [6.45, 7) is 5.19. The number of aliphatic hydroxyl groups is 1. The molecule has 1 N–H and O–H groups in total. The number of aliphatic hydroxyl groups excluding tert-OH is 1. The zero-order chi connectivity index (χ0) is 23.1. The van der Waals surface area contributed by atoms with E-state index in [-0.39, 0.29) is 6.61 Å². The lowest BCUT2D eigenvalue weighted by atomic mass is 9.87. The van der Waals surface area contributed by atoms with Crippen molar-refractivity contribution in [3.05, 3.63) is 53.9 Å². The third-order valence-electron chi connectivity index (χ3n) is 7.86. The largest absolute Gasteiger partial charge is 0.395 e. The van der Waals surface area contributed by atoms with Crippen LogP contribution in [0.1, 0.15) is 55.3 Å². The van der Waals surface area contributed by atoms with E-state index in [0.717, 1.165) is 54.2 Å². The minimum Gasteiger partial charge on any atom is -0.395 e. The first kappa shape index (κ1) is 21.7. The van der Waals surface area contributed by atoms with E-state index in [2.05, 4.69) is 57.2 Å². The molecule has 2 aliphatic heterocycles. The molecule has 1 aromatic heterocycles. The minimum atomic E-state index is 0.144. The summed E-state index contributed by atoms with van der Waals surface area (Å²) in [5.41, 5.74) is 5.12. The Morgan fingerprint density at radius 1 is 0.912 bits per heavy atom. The van der Waals surface area contributed by atoms with Crippen molar-refractivity contribution in [2.24, 2.45) is 0 Å². The van der Waals surface area contributed by atoms with Crippen molar-refractivity contribution in [2.45, 2.75) is 43.9 Å². The van der Waals surface area contributed by atoms with E-state index in [1.54, 1.807) is 0 Å². The molecule has 3 aromatic rings. The second kappa shape index (κ2) is 9.06. The standard InChI is InChI=1S/C28H35N5O/c1-31(17-18-34)22-9-10-25-24(19-22)28(30-27(29-25)21-7-8-21)33-15-11-20(12-16-33)23-5-2-3-6-26(23)32-13-4-14-32/h2-3,5-6,9-10,19-21,34H,4,7-8,11-18H2,1H3. The molecule has 0 atom stereocenters. The molecule has 34 heavy (non-hydrogen) atoms. The van der Waals surface area contributed by atoms with E-state index in [1.165, 1.54) is 43.6 Å². The smallest absolute Gasteiger partial charge is 0.140 e. The lowest BCUT2D eigenvalue weighted by Crippen LogP contribution is -2.39. The van der Waals surface area contributed by atoms with Crippen LogP contribution in [0.5, 0.6) is 0 Å². The van der Waals surface area contributed by atoms with Gasteiger partial charge in [0.05, 0.1) is 12.1 Å². The lowest BCUT2D eigenvalue weighted by Gasteiger charge is -2.39. The van der Waals surface area contributed by atoms with E-state index in [4.69, 9.17) is 9.97 Å². The predicted octanol–water partition coefficient (Wildman–Crippen LogP) is 4.53. The van der Waals surface area contributed by atoms with E-state index in [1.807, 2.05) is 7.05 Å². The quantitative estimate of drug-likeness (QED) is 0.563. The Morgan fingerprint density at radius 2 is 1.71 bits per heavy atom. The average Bonchev–Trinajstić information content (AvgIpc) is 3.68. The summed E-state index contributed by atoms with van der Waals surface area (Å²) in [5, 5.41) is 10.5. The monoisotopic (exact) mass is 457 g/mol. The molecule has 3 fully saturated rings. The van der Waals surface area contributed by atoms with Gasteiger partial charge in [0.15, 0.2) is 0 Å². The van der Waals surface area contributed by atoms with Crippen LogP contribution in [0, 0.1) is 0 Å². The summed E-state index contributed by atoms with van der Waals surface area (Å²) >= 11 is 0. The molecule has 3 heterocycles. The minimum absolute atomic E-state index is 0.144. The van der Waals surface area contributed by atoms with E-state index in [9.17, 15) is 5.11 Å². The number of piperidine rings is 1. The number of hydrogen-bond donors (Lipinski definition) is 1. The third kappa shape index (κ3) is 4.09. The van der Waals surface area contributed by atoms with Gasteiger partial charge in [-0.3, -0.25) is 0 Å². The summed E-state index contributed by atoms with van der Waals surface area (Å²) in [6.07, 6.45) is 6.03. The Morgan fingerprint density at radius 3 is 2.41 bits per heavy atom. The fraction of sp³-hybridized carbons (Fsp3) is 0.500. The highest BCUT2D eigenvalue weighted by molar-refractivity contribution is 5.92. The van der Waals surface area contributed by atoms with Gasteiger partial charge in [-0.05, 0) is 67.9 Å². The fourth-order valence-electron chi connectivity index (χ4n) is 5.48. The number of benzene rings is 2. The van der Waals surface area contributed by atoms with Crippen LogP contribution in [0.25, 0.3) is 10.9 Å². The number of likely N-dealkylation sites (N-methyl/N-ethyl adjacent to an activating group) is 1. The maximum atomic E-state index is 9.39. The molecule has 0 spiro atoms. The molecule has 3 aliphatic rings. The Labute approximate surface area is 202 Å². The maximum absolute atomic E-state index is 9.39. The number of aromatic nitrogens is 2. The SMILES string of the molecule is CN(CCO)c1ccc2nc(C3CC3)nc(N3CCC(c4ccccc4N4CCC4)CC3)c2c1. The van der Waals surface area contributed by atoms with Crippen molar-refractivity contribution in [1.29, 1.82) is 0 Å². The molecule has 0 radical (unpaired) electrons. The first-order valence-corrected chi connectivity index (χ1v) is 12.9. The molecule has 0 unspecified atom stereocenters. The second-order valence-corrected chi connectivity index (χ2v) is 10.2. The van der Waals surface area contributed by atoms with Crippen molar-refractivity contribution in [1.82, 2.24) is 9.97 Å². The fourth-order valence-corrected chi connectivity index (χ4v) is 5.48. The summed E-state index contributed by atoms with van der Waals surface area (Å²) in [5.74, 6) is 3.25. The van der Waals surface area contributed by atoms with Gasteiger partial charge in [0, 0.05) is 62.5 Å². The molecule has 0 bridgehead atoms. The predicted molar refractivity (Wildman–Crippen MR) is 139 cm³/mol. The summed E-state index contributed by atoms with van der Waals surface area (Å²) in [4.78, 5) is 17.2. The Bertz CT molecular complexity index is 1160. The van der Waals surface area contributed by atoms with Gasteiger partial charge in [-0.1, -0.05) is 18.2 Å². The summed E-state index contributed by atoms with van der Waals surface area (Å²) < 4.78 is 0. The maximum Gasteiger partial charge on any atom is 0.140 e. The van der Waals surface area contributed by atoms with Gasteiger partial charge in [0.1, 0.15) is 11.6 Å². The van der Waals surface area contributed by atoms with Crippen LogP contribution in [-0.2, 0) is 0 Å². The van der Waals surface area contributed by atoms with Gasteiger partial charge in [-0.15, -0.1) is 0 Å². The van der Waals surface area contributed by atoms with Crippen molar-refractivity contribution < 1.29 is 5.11 Å². The van der Waals surface area contributed by atoms with Crippen molar-refractivity contribution in [3.8, 4) is 0 Å². The third-order valence-corrected chi connectivity index (χ3v) is 7.86. The number of para-hydroxylation sites is 1. The lowest BCUT2D eigenvalue weighted by molar-refractivity contribution is 0.304. The molecule has 1 aliphatic carbocycles. The summed E-state index contributed by atoms with van der Waals surface area (Å²) in [6, 6.07) is 15.5. The van der Waals surface area contributed by atoms with E-state index < -0.39 is 0 Å². The molecule has 6 heteroatoms. The number of anilines is 3. The van der Waals surface area contributed by atoms with Crippen LogP contribution in [0.15, 0.2) is 42.5 Å². The van der Waals surface area contributed by atoms with E-state index >= 15 is 0 Å². The van der Waals surface area contributed by atoms with Crippen molar-refractivity contribution in [2.75, 3.05) is 61.1 Å². The number of nitrogens with zero attached hydrogens (tertiary/aromatic N) is 5. The van der Waals surface area contributed by atoms with Crippen LogP contribution in [0.3, 0.4) is 0 Å². The van der Waals surface area contributed by atoms with Gasteiger partial charge in [-0.2, -0.15) is 0 Å². The first-order chi connectivity index (χ1) is 16.7. The Hall–Kier alpha value is -2.86. The van der Waals surface area contributed by atoms with Crippen LogP contribution in [-0.4, -0.2) is 61.5 Å². The first-order valence-electron chi connectivity index (χ1n) is 12.9. The molecule has 6 rings (SSSR count). The molecule has 0 amide bonds. The highest BCUT2D eigenvalue weighted by atomic mass is 16.3. The number of rotatable bonds is 7. The van der Waals surface area contributed by atoms with Crippen LogP contribution < -0.4 is 14.7 Å².